The topological polar surface area (TPSA) is 49.5 Å². The molecule has 1 unspecified atom stereocenters. The van der Waals surface area contributed by atoms with Crippen LogP contribution in [0.25, 0.3) is 0 Å². The van der Waals surface area contributed by atoms with Gasteiger partial charge in [0.15, 0.2) is 0 Å². The van der Waals surface area contributed by atoms with Crippen LogP contribution in [0.1, 0.15) is 24.1 Å². The average Bonchev–Trinajstić information content (AvgIpc) is 2.47. The van der Waals surface area contributed by atoms with Crippen LogP contribution in [0.15, 0.2) is 48.5 Å². The smallest absolute Gasteiger partial charge is 0.130 e. The van der Waals surface area contributed by atoms with Gasteiger partial charge in [0.1, 0.15) is 5.82 Å². The van der Waals surface area contributed by atoms with E-state index in [-0.39, 0.29) is 12.4 Å². The maximum absolute atomic E-state index is 14.1. The molecule has 0 saturated carbocycles. The number of halogens is 1. The maximum atomic E-state index is 14.1. The summed E-state index contributed by atoms with van der Waals surface area (Å²) < 4.78 is 14.1. The molecule has 4 heteroatoms. The van der Waals surface area contributed by atoms with Crippen molar-refractivity contribution in [3.05, 3.63) is 65.5 Å². The minimum atomic E-state index is -0.404. The summed E-state index contributed by atoms with van der Waals surface area (Å²) in [5.74, 6) is -0.307. The van der Waals surface area contributed by atoms with E-state index in [1.54, 1.807) is 13.0 Å². The highest BCUT2D eigenvalue weighted by atomic mass is 19.1. The molecule has 0 saturated heterocycles. The molecule has 2 aromatic rings. The van der Waals surface area contributed by atoms with Gasteiger partial charge in [-0.3, -0.25) is 0 Å². The van der Waals surface area contributed by atoms with E-state index in [2.05, 4.69) is 0 Å². The van der Waals surface area contributed by atoms with Crippen LogP contribution in [0.2, 0.25) is 0 Å². The highest BCUT2D eigenvalue weighted by Gasteiger charge is 2.17. The van der Waals surface area contributed by atoms with Crippen LogP contribution in [-0.4, -0.2) is 18.3 Å². The molecule has 0 fully saturated rings. The molecule has 0 heterocycles. The minimum Gasteiger partial charge on any atom is -0.395 e. The first kappa shape index (κ1) is 15.5. The lowest BCUT2D eigenvalue weighted by atomic mass is 10.0. The molecular formula is C17H21FN2O. The summed E-state index contributed by atoms with van der Waals surface area (Å²) in [7, 11) is 0. The van der Waals surface area contributed by atoms with E-state index in [0.717, 1.165) is 11.3 Å². The molecule has 2 aromatic carbocycles. The lowest BCUT2D eigenvalue weighted by molar-refractivity contribution is 0.301. The Kier molecular flexibility index (Phi) is 5.31. The molecule has 0 aromatic heterocycles. The molecule has 0 radical (unpaired) electrons. The molecule has 1 atom stereocenters. The van der Waals surface area contributed by atoms with Crippen LogP contribution >= 0.6 is 0 Å². The van der Waals surface area contributed by atoms with Crippen molar-refractivity contribution in [2.24, 2.45) is 5.73 Å². The number of hydrogen-bond acceptors (Lipinski definition) is 3. The molecule has 0 aliphatic carbocycles. The number of rotatable bonds is 6. The van der Waals surface area contributed by atoms with Crippen LogP contribution in [0.4, 0.5) is 10.1 Å². The molecule has 0 aliphatic heterocycles. The summed E-state index contributed by atoms with van der Waals surface area (Å²) in [5.41, 5.74) is 8.24. The third-order valence-electron chi connectivity index (χ3n) is 3.41. The van der Waals surface area contributed by atoms with Crippen LogP contribution in [0.3, 0.4) is 0 Å². The van der Waals surface area contributed by atoms with E-state index >= 15 is 0 Å². The van der Waals surface area contributed by atoms with E-state index < -0.39 is 6.04 Å². The molecule has 0 spiro atoms. The number of aliphatic hydroxyl groups is 1. The summed E-state index contributed by atoms with van der Waals surface area (Å²) in [6, 6.07) is 14.4. The van der Waals surface area contributed by atoms with Crippen molar-refractivity contribution in [1.82, 2.24) is 0 Å². The normalized spacial score (nSPS) is 12.2. The molecule has 3 N–H and O–H groups in total. The predicted molar refractivity (Wildman–Crippen MR) is 83.6 cm³/mol. The number of anilines is 1. The lowest BCUT2D eigenvalue weighted by Crippen LogP contribution is -2.28. The van der Waals surface area contributed by atoms with Gasteiger partial charge in [0.25, 0.3) is 0 Å². The molecular weight excluding hydrogens is 267 g/mol. The molecule has 2 rings (SSSR count). The minimum absolute atomic E-state index is 0.00173. The fourth-order valence-electron chi connectivity index (χ4n) is 2.46. The van der Waals surface area contributed by atoms with Gasteiger partial charge in [-0.1, -0.05) is 36.4 Å². The Morgan fingerprint density at radius 2 is 1.86 bits per heavy atom. The third kappa shape index (κ3) is 3.80. The average molecular weight is 288 g/mol. The molecule has 112 valence electrons. The molecule has 21 heavy (non-hydrogen) atoms. The summed E-state index contributed by atoms with van der Waals surface area (Å²) in [6.45, 7) is 2.80. The zero-order valence-corrected chi connectivity index (χ0v) is 12.2. The van der Waals surface area contributed by atoms with Crippen LogP contribution < -0.4 is 10.6 Å². The number of benzene rings is 2. The van der Waals surface area contributed by atoms with Crippen molar-refractivity contribution in [2.75, 3.05) is 18.1 Å². The largest absolute Gasteiger partial charge is 0.395 e. The van der Waals surface area contributed by atoms with Gasteiger partial charge in [-0.2, -0.15) is 0 Å². The Morgan fingerprint density at radius 1 is 1.14 bits per heavy atom. The first-order chi connectivity index (χ1) is 10.1. The summed E-state index contributed by atoms with van der Waals surface area (Å²) in [4.78, 5) is 1.96. The van der Waals surface area contributed by atoms with Crippen molar-refractivity contribution in [3.63, 3.8) is 0 Å². The second-order valence-electron chi connectivity index (χ2n) is 5.09. The third-order valence-corrected chi connectivity index (χ3v) is 3.41. The SMILES string of the molecule is CC(N)c1c(F)cccc1N(CCO)Cc1ccccc1. The number of nitrogens with zero attached hydrogens (tertiary/aromatic N) is 1. The van der Waals surface area contributed by atoms with Gasteiger partial charge >= 0.3 is 0 Å². The fourth-order valence-corrected chi connectivity index (χ4v) is 2.46. The quantitative estimate of drug-likeness (QED) is 0.859. The maximum Gasteiger partial charge on any atom is 0.130 e. The van der Waals surface area contributed by atoms with E-state index in [4.69, 9.17) is 5.73 Å². The monoisotopic (exact) mass is 288 g/mol. The van der Waals surface area contributed by atoms with E-state index in [1.807, 2.05) is 41.3 Å². The van der Waals surface area contributed by atoms with Crippen molar-refractivity contribution >= 4 is 5.69 Å². The molecule has 3 nitrogen and oxygen atoms in total. The Labute approximate surface area is 124 Å². The van der Waals surface area contributed by atoms with Crippen molar-refractivity contribution < 1.29 is 9.50 Å². The van der Waals surface area contributed by atoms with Crippen molar-refractivity contribution in [3.8, 4) is 0 Å². The van der Waals surface area contributed by atoms with Gasteiger partial charge in [-0.05, 0) is 24.6 Å². The van der Waals surface area contributed by atoms with Gasteiger partial charge < -0.3 is 15.7 Å². The summed E-state index contributed by atoms with van der Waals surface area (Å²) in [6.07, 6.45) is 0. The van der Waals surface area contributed by atoms with Crippen LogP contribution in [-0.2, 0) is 6.54 Å². The fraction of sp³-hybridized carbons (Fsp3) is 0.294. The number of hydrogen-bond donors (Lipinski definition) is 2. The lowest BCUT2D eigenvalue weighted by Gasteiger charge is -2.28. The summed E-state index contributed by atoms with van der Waals surface area (Å²) in [5, 5.41) is 9.31. The van der Waals surface area contributed by atoms with Crippen molar-refractivity contribution in [1.29, 1.82) is 0 Å². The van der Waals surface area contributed by atoms with Crippen LogP contribution in [0, 0.1) is 5.82 Å². The Hall–Kier alpha value is -1.91. The molecule has 0 bridgehead atoms. The van der Waals surface area contributed by atoms with Gasteiger partial charge in [-0.15, -0.1) is 0 Å². The van der Waals surface area contributed by atoms with E-state index in [1.165, 1.54) is 6.07 Å². The second-order valence-corrected chi connectivity index (χ2v) is 5.09. The summed E-state index contributed by atoms with van der Waals surface area (Å²) >= 11 is 0. The van der Waals surface area contributed by atoms with Gasteiger partial charge in [0, 0.05) is 30.4 Å². The highest BCUT2D eigenvalue weighted by molar-refractivity contribution is 5.56. The Bertz CT molecular complexity index is 572. The van der Waals surface area contributed by atoms with Gasteiger partial charge in [-0.25, -0.2) is 4.39 Å². The van der Waals surface area contributed by atoms with E-state index in [9.17, 15) is 9.50 Å². The van der Waals surface area contributed by atoms with Crippen LogP contribution in [0.5, 0.6) is 0 Å². The number of nitrogens with two attached hydrogens (primary N) is 1. The standard InChI is InChI=1S/C17H21FN2O/c1-13(19)17-15(18)8-5-9-16(17)20(10-11-21)12-14-6-3-2-4-7-14/h2-9,13,21H,10-12,19H2,1H3. The zero-order valence-electron chi connectivity index (χ0n) is 12.2. The molecule has 0 aliphatic rings. The van der Waals surface area contributed by atoms with Gasteiger partial charge in [0.2, 0.25) is 0 Å². The van der Waals surface area contributed by atoms with Crippen molar-refractivity contribution in [2.45, 2.75) is 19.5 Å². The Morgan fingerprint density at radius 3 is 2.48 bits per heavy atom. The zero-order chi connectivity index (χ0) is 15.2. The predicted octanol–water partition coefficient (Wildman–Crippen LogP) is 2.84. The second kappa shape index (κ2) is 7.20. The highest BCUT2D eigenvalue weighted by Crippen LogP contribution is 2.28. The Balaban J connectivity index is 2.36. The first-order valence-electron chi connectivity index (χ1n) is 7.07. The number of aliphatic hydroxyl groups excluding tert-OH is 1. The molecule has 0 amide bonds. The first-order valence-corrected chi connectivity index (χ1v) is 7.07. The van der Waals surface area contributed by atoms with Gasteiger partial charge in [0.05, 0.1) is 6.61 Å². The van der Waals surface area contributed by atoms with E-state index in [0.29, 0.717) is 18.7 Å².